The number of carbonyl (C=O) groups excluding carboxylic acids is 3. The first-order valence-electron chi connectivity index (χ1n) is 7.42. The number of hydrogen-bond acceptors (Lipinski definition) is 8. The number of esters is 2. The number of carbonyl (C=O) groups is 3. The Balaban J connectivity index is 4.39. The fourth-order valence-electron chi connectivity index (χ4n) is 1.55. The van der Waals surface area contributed by atoms with Crippen LogP contribution in [0.5, 0.6) is 0 Å². The van der Waals surface area contributed by atoms with Gasteiger partial charge in [-0.05, 0) is 6.92 Å². The molecule has 0 aliphatic carbocycles. The number of ether oxygens (including phenoxy) is 4. The van der Waals surface area contributed by atoms with Crippen molar-refractivity contribution in [3.63, 3.8) is 0 Å². The molecular formula is C15H25NO8. The van der Waals surface area contributed by atoms with E-state index in [0.717, 1.165) is 12.2 Å². The first kappa shape index (κ1) is 22.0. The molecule has 9 heteroatoms. The van der Waals surface area contributed by atoms with Crippen molar-refractivity contribution in [2.75, 3.05) is 53.7 Å². The van der Waals surface area contributed by atoms with Crippen LogP contribution in [-0.4, -0.2) is 87.7 Å². The lowest BCUT2D eigenvalue weighted by molar-refractivity contribution is -0.150. The van der Waals surface area contributed by atoms with E-state index in [-0.39, 0.29) is 19.7 Å². The molecule has 0 aliphatic heterocycles. The maximum atomic E-state index is 12.1. The number of methoxy groups -OCH3 is 2. The molecule has 0 aromatic rings. The van der Waals surface area contributed by atoms with Crippen LogP contribution in [-0.2, 0) is 33.3 Å². The molecule has 0 bridgehead atoms. The van der Waals surface area contributed by atoms with Gasteiger partial charge in [0.15, 0.2) is 6.10 Å². The van der Waals surface area contributed by atoms with Gasteiger partial charge in [0, 0.05) is 39.5 Å². The summed E-state index contributed by atoms with van der Waals surface area (Å²) in [6, 6.07) is 0. The number of amides is 1. The summed E-state index contributed by atoms with van der Waals surface area (Å²) in [7, 11) is 2.99. The monoisotopic (exact) mass is 347 g/mol. The highest BCUT2D eigenvalue weighted by molar-refractivity contribution is 5.91. The Morgan fingerprint density at radius 3 is 1.96 bits per heavy atom. The van der Waals surface area contributed by atoms with Gasteiger partial charge in [-0.25, -0.2) is 9.59 Å². The summed E-state index contributed by atoms with van der Waals surface area (Å²) in [6.45, 7) is 2.42. The standard InChI is InChI=1S/C15H25NO8/c1-4-23-13(18)5-6-14(19)24-11-12(17)15(20)16(7-9-21-2)8-10-22-3/h5-6,12,17H,4,7-11H2,1-3H3/b6-5+. The van der Waals surface area contributed by atoms with Gasteiger partial charge in [0.25, 0.3) is 5.91 Å². The second-order valence-corrected chi connectivity index (χ2v) is 4.54. The van der Waals surface area contributed by atoms with Crippen molar-refractivity contribution in [1.29, 1.82) is 0 Å². The third kappa shape index (κ3) is 9.93. The van der Waals surface area contributed by atoms with Gasteiger partial charge >= 0.3 is 11.9 Å². The molecule has 0 saturated heterocycles. The van der Waals surface area contributed by atoms with Crippen LogP contribution in [0.4, 0.5) is 0 Å². The third-order valence-electron chi connectivity index (χ3n) is 2.75. The Bertz CT molecular complexity index is 416. The molecule has 0 radical (unpaired) electrons. The van der Waals surface area contributed by atoms with Crippen molar-refractivity contribution in [3.8, 4) is 0 Å². The summed E-state index contributed by atoms with van der Waals surface area (Å²) in [5.74, 6) is -2.15. The van der Waals surface area contributed by atoms with Crippen LogP contribution in [0.2, 0.25) is 0 Å². The number of aliphatic hydroxyl groups is 1. The Morgan fingerprint density at radius 1 is 1.00 bits per heavy atom. The van der Waals surface area contributed by atoms with Gasteiger partial charge in [-0.3, -0.25) is 4.79 Å². The van der Waals surface area contributed by atoms with Gasteiger partial charge in [0.2, 0.25) is 0 Å². The summed E-state index contributed by atoms with van der Waals surface area (Å²) in [5.41, 5.74) is 0. The summed E-state index contributed by atoms with van der Waals surface area (Å²) >= 11 is 0. The summed E-state index contributed by atoms with van der Waals surface area (Å²) < 4.78 is 19.1. The number of hydrogen-bond donors (Lipinski definition) is 1. The topological polar surface area (TPSA) is 112 Å². The van der Waals surface area contributed by atoms with Crippen molar-refractivity contribution in [2.24, 2.45) is 0 Å². The molecule has 1 amide bonds. The van der Waals surface area contributed by atoms with Crippen LogP contribution < -0.4 is 0 Å². The van der Waals surface area contributed by atoms with Crippen LogP contribution >= 0.6 is 0 Å². The van der Waals surface area contributed by atoms with Gasteiger partial charge in [-0.15, -0.1) is 0 Å². The number of nitrogens with zero attached hydrogens (tertiary/aromatic N) is 1. The predicted molar refractivity (Wildman–Crippen MR) is 83.1 cm³/mol. The number of aliphatic hydroxyl groups excluding tert-OH is 1. The molecule has 0 saturated carbocycles. The molecule has 0 spiro atoms. The van der Waals surface area contributed by atoms with E-state index in [1.165, 1.54) is 19.1 Å². The first-order valence-corrected chi connectivity index (χ1v) is 7.42. The van der Waals surface area contributed by atoms with E-state index in [1.54, 1.807) is 6.92 Å². The van der Waals surface area contributed by atoms with E-state index >= 15 is 0 Å². The minimum Gasteiger partial charge on any atom is -0.463 e. The van der Waals surface area contributed by atoms with E-state index < -0.39 is 30.6 Å². The summed E-state index contributed by atoms with van der Waals surface area (Å²) in [5, 5.41) is 9.83. The molecule has 138 valence electrons. The molecule has 0 aromatic carbocycles. The SMILES string of the molecule is CCOC(=O)/C=C/C(=O)OCC(O)C(=O)N(CCOC)CCOC. The average Bonchev–Trinajstić information content (AvgIpc) is 2.57. The first-order chi connectivity index (χ1) is 11.5. The highest BCUT2D eigenvalue weighted by Crippen LogP contribution is 1.98. The molecule has 0 heterocycles. The molecule has 0 fully saturated rings. The largest absolute Gasteiger partial charge is 0.463 e. The normalized spacial score (nSPS) is 12.0. The average molecular weight is 347 g/mol. The molecule has 9 nitrogen and oxygen atoms in total. The Labute approximate surface area is 141 Å². The lowest BCUT2D eigenvalue weighted by atomic mass is 10.3. The highest BCUT2D eigenvalue weighted by atomic mass is 16.5. The van der Waals surface area contributed by atoms with Crippen LogP contribution in [0.15, 0.2) is 12.2 Å². The van der Waals surface area contributed by atoms with Gasteiger partial charge in [0.05, 0.1) is 19.8 Å². The summed E-state index contributed by atoms with van der Waals surface area (Å²) in [6.07, 6.45) is 0.255. The van der Waals surface area contributed by atoms with E-state index in [9.17, 15) is 19.5 Å². The zero-order valence-corrected chi connectivity index (χ0v) is 14.2. The molecule has 1 unspecified atom stereocenters. The van der Waals surface area contributed by atoms with E-state index in [0.29, 0.717) is 13.2 Å². The molecule has 0 aromatic heterocycles. The van der Waals surface area contributed by atoms with Crippen molar-refractivity contribution in [2.45, 2.75) is 13.0 Å². The van der Waals surface area contributed by atoms with Crippen molar-refractivity contribution in [3.05, 3.63) is 12.2 Å². The lowest BCUT2D eigenvalue weighted by Gasteiger charge is -2.24. The molecule has 1 N–H and O–H groups in total. The van der Waals surface area contributed by atoms with E-state index in [4.69, 9.17) is 14.2 Å². The van der Waals surface area contributed by atoms with Gasteiger partial charge in [-0.2, -0.15) is 0 Å². The fourth-order valence-corrected chi connectivity index (χ4v) is 1.55. The smallest absolute Gasteiger partial charge is 0.331 e. The maximum Gasteiger partial charge on any atom is 0.331 e. The molecule has 24 heavy (non-hydrogen) atoms. The predicted octanol–water partition coefficient (Wildman–Crippen LogP) is -0.869. The zero-order valence-electron chi connectivity index (χ0n) is 14.2. The van der Waals surface area contributed by atoms with Gasteiger partial charge < -0.3 is 29.0 Å². The minimum absolute atomic E-state index is 0.185. The highest BCUT2D eigenvalue weighted by Gasteiger charge is 2.23. The Kier molecular flexibility index (Phi) is 12.4. The molecule has 0 aliphatic rings. The second kappa shape index (κ2) is 13.5. The number of rotatable bonds is 12. The maximum absolute atomic E-state index is 12.1. The molecular weight excluding hydrogens is 322 g/mol. The lowest BCUT2D eigenvalue weighted by Crippen LogP contribution is -2.44. The molecule has 0 rings (SSSR count). The summed E-state index contributed by atoms with van der Waals surface area (Å²) in [4.78, 5) is 35.9. The van der Waals surface area contributed by atoms with E-state index in [2.05, 4.69) is 4.74 Å². The quantitative estimate of drug-likeness (QED) is 0.358. The van der Waals surface area contributed by atoms with Crippen LogP contribution in [0.3, 0.4) is 0 Å². The van der Waals surface area contributed by atoms with E-state index in [1.807, 2.05) is 0 Å². The fraction of sp³-hybridized carbons (Fsp3) is 0.667. The second-order valence-electron chi connectivity index (χ2n) is 4.54. The third-order valence-corrected chi connectivity index (χ3v) is 2.75. The van der Waals surface area contributed by atoms with Crippen molar-refractivity contribution in [1.82, 2.24) is 4.90 Å². The van der Waals surface area contributed by atoms with Gasteiger partial charge in [0.1, 0.15) is 6.61 Å². The zero-order chi connectivity index (χ0) is 18.4. The van der Waals surface area contributed by atoms with Crippen molar-refractivity contribution < 1.29 is 38.4 Å². The Morgan fingerprint density at radius 2 is 1.50 bits per heavy atom. The van der Waals surface area contributed by atoms with Crippen LogP contribution in [0, 0.1) is 0 Å². The molecule has 1 atom stereocenters. The minimum atomic E-state index is -1.52. The van der Waals surface area contributed by atoms with Crippen LogP contribution in [0.1, 0.15) is 6.92 Å². The van der Waals surface area contributed by atoms with Gasteiger partial charge in [-0.1, -0.05) is 0 Å². The van der Waals surface area contributed by atoms with Crippen LogP contribution in [0.25, 0.3) is 0 Å². The van der Waals surface area contributed by atoms with Crippen molar-refractivity contribution >= 4 is 17.8 Å². The Hall–Kier alpha value is -1.97.